The lowest BCUT2D eigenvalue weighted by Crippen LogP contribution is -2.56. The van der Waals surface area contributed by atoms with Gasteiger partial charge in [-0.25, -0.2) is 4.79 Å². The van der Waals surface area contributed by atoms with Gasteiger partial charge in [0.2, 0.25) is 0 Å². The molecule has 4 aliphatic rings. The zero-order valence-corrected chi connectivity index (χ0v) is 23.4. The molecule has 0 unspecified atom stereocenters. The Kier molecular flexibility index (Phi) is 8.68. The Morgan fingerprint density at radius 2 is 1.56 bits per heavy atom. The van der Waals surface area contributed by atoms with E-state index in [0.717, 1.165) is 81.9 Å². The summed E-state index contributed by atoms with van der Waals surface area (Å²) in [5.74, 6) is 1.69. The molecule has 3 aliphatic heterocycles. The molecule has 5 rings (SSSR count). The average molecular weight is 538 g/mol. The van der Waals surface area contributed by atoms with Crippen molar-refractivity contribution in [2.24, 2.45) is 11.8 Å². The number of amides is 2. The van der Waals surface area contributed by atoms with Crippen LogP contribution < -0.4 is 4.90 Å². The number of ether oxygens (including phenoxy) is 1. The summed E-state index contributed by atoms with van der Waals surface area (Å²) in [4.78, 5) is 23.0. The number of piperidine rings is 1. The quantitative estimate of drug-likeness (QED) is 0.464. The number of halogens is 2. The second-order valence-electron chi connectivity index (χ2n) is 11.5. The molecule has 8 heteroatoms. The molecule has 0 spiro atoms. The van der Waals surface area contributed by atoms with Crippen molar-refractivity contribution in [1.82, 2.24) is 14.7 Å². The zero-order chi connectivity index (χ0) is 25.2. The van der Waals surface area contributed by atoms with Crippen LogP contribution in [0.25, 0.3) is 0 Å². The average Bonchev–Trinajstić information content (AvgIpc) is 2.89. The molecule has 2 amide bonds. The third kappa shape index (κ3) is 5.83. The number of morpholine rings is 1. The minimum atomic E-state index is 0.116. The Morgan fingerprint density at radius 1 is 0.889 bits per heavy atom. The van der Waals surface area contributed by atoms with Crippen LogP contribution in [0, 0.1) is 11.8 Å². The normalized spacial score (nSPS) is 27.1. The molecule has 36 heavy (non-hydrogen) atoms. The maximum atomic E-state index is 13.9. The Labute approximate surface area is 226 Å². The number of anilines is 1. The van der Waals surface area contributed by atoms with Gasteiger partial charge in [0.15, 0.2) is 0 Å². The smallest absolute Gasteiger partial charge is 0.325 e. The van der Waals surface area contributed by atoms with Crippen LogP contribution in [0.2, 0.25) is 10.0 Å². The molecule has 3 fully saturated rings. The van der Waals surface area contributed by atoms with Crippen molar-refractivity contribution in [2.75, 3.05) is 57.4 Å². The largest absolute Gasteiger partial charge is 0.379 e. The van der Waals surface area contributed by atoms with Crippen LogP contribution in [0.4, 0.5) is 10.5 Å². The first kappa shape index (κ1) is 26.6. The number of benzene rings is 1. The molecule has 0 N–H and O–H groups in total. The van der Waals surface area contributed by atoms with Gasteiger partial charge in [0.25, 0.3) is 0 Å². The van der Waals surface area contributed by atoms with Gasteiger partial charge >= 0.3 is 6.03 Å². The highest BCUT2D eigenvalue weighted by molar-refractivity contribution is 6.42. The van der Waals surface area contributed by atoms with E-state index in [0.29, 0.717) is 29.2 Å². The van der Waals surface area contributed by atoms with Crippen molar-refractivity contribution in [3.05, 3.63) is 27.7 Å². The van der Waals surface area contributed by atoms with Gasteiger partial charge in [-0.2, -0.15) is 0 Å². The number of hydrogen-bond acceptors (Lipinski definition) is 4. The fraction of sp³-hybridized carbons (Fsp3) is 0.750. The molecule has 1 aromatic rings. The number of carbonyl (C=O) groups is 1. The van der Waals surface area contributed by atoms with Gasteiger partial charge in [-0.1, -0.05) is 37.0 Å². The van der Waals surface area contributed by atoms with Gasteiger partial charge in [-0.3, -0.25) is 9.80 Å². The van der Waals surface area contributed by atoms with E-state index in [4.69, 9.17) is 27.9 Å². The molecule has 3 heterocycles. The van der Waals surface area contributed by atoms with Crippen molar-refractivity contribution in [1.29, 1.82) is 0 Å². The Bertz CT molecular complexity index is 907. The van der Waals surface area contributed by atoms with Gasteiger partial charge in [-0.05, 0) is 68.1 Å². The van der Waals surface area contributed by atoms with Gasteiger partial charge in [0.05, 0.1) is 28.9 Å². The molecule has 0 aromatic heterocycles. The molecular formula is C28H42Cl2N4O2. The fourth-order valence-electron chi connectivity index (χ4n) is 6.71. The highest BCUT2D eigenvalue weighted by atomic mass is 35.5. The van der Waals surface area contributed by atoms with Crippen LogP contribution >= 0.6 is 23.2 Å². The van der Waals surface area contributed by atoms with Gasteiger partial charge in [0, 0.05) is 57.9 Å². The van der Waals surface area contributed by atoms with Crippen LogP contribution in [0.15, 0.2) is 12.1 Å². The number of urea groups is 1. The van der Waals surface area contributed by atoms with Gasteiger partial charge < -0.3 is 14.5 Å². The summed E-state index contributed by atoms with van der Waals surface area (Å²) in [6.45, 7) is 12.5. The van der Waals surface area contributed by atoms with Crippen LogP contribution in [-0.2, 0) is 11.3 Å². The second kappa shape index (κ2) is 11.8. The van der Waals surface area contributed by atoms with E-state index in [-0.39, 0.29) is 12.1 Å². The highest BCUT2D eigenvalue weighted by Crippen LogP contribution is 2.39. The van der Waals surface area contributed by atoms with Crippen molar-refractivity contribution < 1.29 is 9.53 Å². The number of rotatable bonds is 6. The second-order valence-corrected chi connectivity index (χ2v) is 12.3. The summed E-state index contributed by atoms with van der Waals surface area (Å²) in [7, 11) is 0. The predicted octanol–water partition coefficient (Wildman–Crippen LogP) is 5.75. The SMILES string of the molecule is CC(C)C1CCC(N2CCC(N3C(=O)N(CCN4CCOCC4)Cc4cc(Cl)c(Cl)cc43)CC2)CC1. The lowest BCUT2D eigenvalue weighted by Gasteiger charge is -2.46. The summed E-state index contributed by atoms with van der Waals surface area (Å²) in [6, 6.07) is 4.90. The summed E-state index contributed by atoms with van der Waals surface area (Å²) in [5.41, 5.74) is 2.05. The van der Waals surface area contributed by atoms with Crippen molar-refractivity contribution in [2.45, 2.75) is 71.0 Å². The number of hydrogen-bond donors (Lipinski definition) is 0. The Hall–Kier alpha value is -1.05. The van der Waals surface area contributed by atoms with E-state index in [1.54, 1.807) is 0 Å². The molecule has 0 radical (unpaired) electrons. The van der Waals surface area contributed by atoms with Crippen LogP contribution in [0.3, 0.4) is 0 Å². The van der Waals surface area contributed by atoms with E-state index < -0.39 is 0 Å². The van der Waals surface area contributed by atoms with E-state index in [1.165, 1.54) is 25.7 Å². The van der Waals surface area contributed by atoms with Crippen molar-refractivity contribution in [3.8, 4) is 0 Å². The summed E-state index contributed by atoms with van der Waals surface area (Å²) >= 11 is 12.9. The topological polar surface area (TPSA) is 39.3 Å². The summed E-state index contributed by atoms with van der Waals surface area (Å²) in [6.07, 6.45) is 7.37. The molecule has 200 valence electrons. The van der Waals surface area contributed by atoms with E-state index in [9.17, 15) is 4.79 Å². The molecule has 2 saturated heterocycles. The minimum Gasteiger partial charge on any atom is -0.379 e. The number of fused-ring (bicyclic) bond motifs is 1. The first-order chi connectivity index (χ1) is 17.4. The lowest BCUT2D eigenvalue weighted by molar-refractivity contribution is 0.0345. The van der Waals surface area contributed by atoms with Crippen LogP contribution in [-0.4, -0.2) is 85.3 Å². The molecule has 6 nitrogen and oxygen atoms in total. The predicted molar refractivity (Wildman–Crippen MR) is 147 cm³/mol. The lowest BCUT2D eigenvalue weighted by atomic mass is 9.79. The van der Waals surface area contributed by atoms with Crippen LogP contribution in [0.1, 0.15) is 57.9 Å². The Morgan fingerprint density at radius 3 is 2.22 bits per heavy atom. The Balaban J connectivity index is 1.26. The third-order valence-electron chi connectivity index (χ3n) is 9.07. The van der Waals surface area contributed by atoms with Gasteiger partial charge in [0.1, 0.15) is 0 Å². The molecule has 0 bridgehead atoms. The number of nitrogens with zero attached hydrogens (tertiary/aromatic N) is 4. The number of carbonyl (C=O) groups excluding carboxylic acids is 1. The third-order valence-corrected chi connectivity index (χ3v) is 9.80. The molecule has 1 aromatic carbocycles. The molecule has 1 aliphatic carbocycles. The highest BCUT2D eigenvalue weighted by Gasteiger charge is 2.38. The first-order valence-electron chi connectivity index (χ1n) is 14.0. The molecule has 1 saturated carbocycles. The van der Waals surface area contributed by atoms with E-state index in [2.05, 4.69) is 23.6 Å². The number of likely N-dealkylation sites (tertiary alicyclic amines) is 1. The first-order valence-corrected chi connectivity index (χ1v) is 14.8. The maximum Gasteiger partial charge on any atom is 0.325 e. The van der Waals surface area contributed by atoms with E-state index >= 15 is 0 Å². The van der Waals surface area contributed by atoms with Crippen molar-refractivity contribution in [3.63, 3.8) is 0 Å². The van der Waals surface area contributed by atoms with Crippen molar-refractivity contribution >= 4 is 34.9 Å². The monoisotopic (exact) mass is 536 g/mol. The summed E-state index contributed by atoms with van der Waals surface area (Å²) < 4.78 is 5.49. The summed E-state index contributed by atoms with van der Waals surface area (Å²) in [5, 5.41) is 1.08. The standard InChI is InChI=1S/C28H42Cl2N4O2/c1-20(2)21-3-5-23(6-4-21)32-9-7-24(8-10-32)34-27-18-26(30)25(29)17-22(27)19-33(28(34)35)12-11-31-13-15-36-16-14-31/h17-18,20-21,23-24H,3-16,19H2,1-2H3. The van der Waals surface area contributed by atoms with E-state index in [1.807, 2.05) is 21.9 Å². The fourth-order valence-corrected chi connectivity index (χ4v) is 7.06. The maximum absolute atomic E-state index is 13.9. The minimum absolute atomic E-state index is 0.116. The van der Waals surface area contributed by atoms with Gasteiger partial charge in [-0.15, -0.1) is 0 Å². The van der Waals surface area contributed by atoms with Crippen LogP contribution in [0.5, 0.6) is 0 Å². The molecule has 0 atom stereocenters. The zero-order valence-electron chi connectivity index (χ0n) is 21.9. The molecular weight excluding hydrogens is 495 g/mol.